The third-order valence-electron chi connectivity index (χ3n) is 2.20. The zero-order valence-corrected chi connectivity index (χ0v) is 10.6. The number of hydrogen-bond acceptors (Lipinski definition) is 4. The zero-order valence-electron chi connectivity index (χ0n) is 9.03. The van der Waals surface area contributed by atoms with Crippen molar-refractivity contribution in [2.45, 2.75) is 5.92 Å². The number of aliphatic hydroxyl groups excluding tert-OH is 1. The van der Waals surface area contributed by atoms with Gasteiger partial charge in [-0.15, -0.1) is 0 Å². The van der Waals surface area contributed by atoms with E-state index in [1.807, 2.05) is 6.07 Å². The number of nitriles is 1. The molecule has 16 heavy (non-hydrogen) atoms. The van der Waals surface area contributed by atoms with Crippen LogP contribution in [0.4, 0.5) is 0 Å². The molecule has 0 fully saturated rings. The topological polar surface area (TPSA) is 62.5 Å². The average Bonchev–Trinajstić information content (AvgIpc) is 2.29. The van der Waals surface area contributed by atoms with Crippen molar-refractivity contribution in [2.24, 2.45) is 0 Å². The van der Waals surface area contributed by atoms with Gasteiger partial charge < -0.3 is 14.6 Å². The highest BCUT2D eigenvalue weighted by Crippen LogP contribution is 2.37. The van der Waals surface area contributed by atoms with Crippen LogP contribution in [0.5, 0.6) is 11.5 Å². The molecule has 1 aromatic carbocycles. The van der Waals surface area contributed by atoms with E-state index in [4.69, 9.17) is 19.8 Å². The zero-order chi connectivity index (χ0) is 12.1. The van der Waals surface area contributed by atoms with Crippen molar-refractivity contribution >= 4 is 15.9 Å². The molecule has 0 spiro atoms. The van der Waals surface area contributed by atoms with E-state index in [0.29, 0.717) is 21.5 Å². The largest absolute Gasteiger partial charge is 0.493 e. The van der Waals surface area contributed by atoms with E-state index in [-0.39, 0.29) is 6.61 Å². The molecule has 1 unspecified atom stereocenters. The molecule has 4 nitrogen and oxygen atoms in total. The second kappa shape index (κ2) is 5.73. The highest BCUT2D eigenvalue weighted by Gasteiger charge is 2.16. The maximum Gasteiger partial charge on any atom is 0.174 e. The molecule has 5 heteroatoms. The number of benzene rings is 1. The van der Waals surface area contributed by atoms with Gasteiger partial charge in [0.05, 0.1) is 37.3 Å². The first-order chi connectivity index (χ1) is 7.67. The van der Waals surface area contributed by atoms with E-state index in [0.717, 1.165) is 0 Å². The summed E-state index contributed by atoms with van der Waals surface area (Å²) in [5, 5.41) is 17.9. The Balaban J connectivity index is 3.25. The molecule has 0 saturated carbocycles. The van der Waals surface area contributed by atoms with Gasteiger partial charge >= 0.3 is 0 Å². The smallest absolute Gasteiger partial charge is 0.174 e. The van der Waals surface area contributed by atoms with E-state index >= 15 is 0 Å². The van der Waals surface area contributed by atoms with Crippen LogP contribution in [0.1, 0.15) is 11.5 Å². The summed E-state index contributed by atoms with van der Waals surface area (Å²) in [6, 6.07) is 5.45. The minimum atomic E-state index is -0.559. The second-order valence-corrected chi connectivity index (χ2v) is 3.96. The molecule has 1 N–H and O–H groups in total. The van der Waals surface area contributed by atoms with Gasteiger partial charge in [0.1, 0.15) is 0 Å². The lowest BCUT2D eigenvalue weighted by Crippen LogP contribution is -2.02. The lowest BCUT2D eigenvalue weighted by Gasteiger charge is -2.13. The molecule has 0 aliphatic carbocycles. The SMILES string of the molecule is COc1cc(C(C#N)CO)cc(Br)c1OC. The van der Waals surface area contributed by atoms with Gasteiger partial charge in [-0.1, -0.05) is 0 Å². The standard InChI is InChI=1S/C11H12BrNO3/c1-15-10-4-7(8(5-13)6-14)3-9(12)11(10)16-2/h3-4,8,14H,6H2,1-2H3. The molecule has 1 atom stereocenters. The maximum absolute atomic E-state index is 9.05. The predicted octanol–water partition coefficient (Wildman–Crippen LogP) is 2.07. The Morgan fingerprint density at radius 1 is 1.44 bits per heavy atom. The number of nitrogens with zero attached hydrogens (tertiary/aromatic N) is 1. The third kappa shape index (κ3) is 2.46. The number of aliphatic hydroxyl groups is 1. The summed E-state index contributed by atoms with van der Waals surface area (Å²) in [7, 11) is 3.06. The van der Waals surface area contributed by atoms with Crippen molar-refractivity contribution < 1.29 is 14.6 Å². The molecule has 0 aliphatic heterocycles. The molecule has 0 heterocycles. The fraction of sp³-hybridized carbons (Fsp3) is 0.364. The monoisotopic (exact) mass is 285 g/mol. The van der Waals surface area contributed by atoms with Crippen LogP contribution < -0.4 is 9.47 Å². The Labute approximate surface area is 103 Å². The minimum Gasteiger partial charge on any atom is -0.493 e. The Hall–Kier alpha value is -1.25. The molecule has 0 aliphatic rings. The normalized spacial score (nSPS) is 11.7. The highest BCUT2D eigenvalue weighted by molar-refractivity contribution is 9.10. The molecule has 0 bridgehead atoms. The fourth-order valence-electron chi connectivity index (χ4n) is 1.36. The average molecular weight is 286 g/mol. The number of methoxy groups -OCH3 is 2. The van der Waals surface area contributed by atoms with Gasteiger partial charge in [-0.25, -0.2) is 0 Å². The van der Waals surface area contributed by atoms with Crippen LogP contribution in [0.25, 0.3) is 0 Å². The summed E-state index contributed by atoms with van der Waals surface area (Å²) < 4.78 is 11.0. The van der Waals surface area contributed by atoms with Crippen LogP contribution in [0.15, 0.2) is 16.6 Å². The molecule has 0 saturated heterocycles. The van der Waals surface area contributed by atoms with E-state index in [2.05, 4.69) is 15.9 Å². The summed E-state index contributed by atoms with van der Waals surface area (Å²) in [6.07, 6.45) is 0. The number of ether oxygens (including phenoxy) is 2. The maximum atomic E-state index is 9.05. The van der Waals surface area contributed by atoms with Crippen molar-refractivity contribution in [2.75, 3.05) is 20.8 Å². The molecular weight excluding hydrogens is 274 g/mol. The summed E-state index contributed by atoms with van der Waals surface area (Å²) in [6.45, 7) is -0.224. The summed E-state index contributed by atoms with van der Waals surface area (Å²) in [5.74, 6) is 0.539. The first-order valence-electron chi connectivity index (χ1n) is 4.59. The van der Waals surface area contributed by atoms with Crippen molar-refractivity contribution in [1.82, 2.24) is 0 Å². The molecule has 1 aromatic rings. The van der Waals surface area contributed by atoms with Crippen molar-refractivity contribution in [1.29, 1.82) is 5.26 Å². The van der Waals surface area contributed by atoms with Gasteiger partial charge in [0, 0.05) is 0 Å². The lowest BCUT2D eigenvalue weighted by molar-refractivity contribution is 0.285. The molecule has 0 radical (unpaired) electrons. The Morgan fingerprint density at radius 3 is 2.56 bits per heavy atom. The number of hydrogen-bond donors (Lipinski definition) is 1. The summed E-state index contributed by atoms with van der Waals surface area (Å²) >= 11 is 3.33. The van der Waals surface area contributed by atoms with Crippen LogP contribution in [0.2, 0.25) is 0 Å². The summed E-state index contributed by atoms with van der Waals surface area (Å²) in [4.78, 5) is 0. The lowest BCUT2D eigenvalue weighted by atomic mass is 10.0. The number of halogens is 1. The molecular formula is C11H12BrNO3. The van der Waals surface area contributed by atoms with E-state index in [9.17, 15) is 0 Å². The fourth-order valence-corrected chi connectivity index (χ4v) is 1.98. The highest BCUT2D eigenvalue weighted by atomic mass is 79.9. The van der Waals surface area contributed by atoms with Gasteiger partial charge in [0.15, 0.2) is 11.5 Å². The minimum absolute atomic E-state index is 0.224. The second-order valence-electron chi connectivity index (χ2n) is 3.10. The molecule has 0 aromatic heterocycles. The molecule has 86 valence electrons. The Morgan fingerprint density at radius 2 is 2.12 bits per heavy atom. The quantitative estimate of drug-likeness (QED) is 0.920. The third-order valence-corrected chi connectivity index (χ3v) is 2.79. The first kappa shape index (κ1) is 12.8. The van der Waals surface area contributed by atoms with Crippen molar-refractivity contribution in [3.05, 3.63) is 22.2 Å². The van der Waals surface area contributed by atoms with Crippen molar-refractivity contribution in [3.8, 4) is 17.6 Å². The Bertz CT molecular complexity index is 414. The van der Waals surface area contributed by atoms with Gasteiger partial charge in [-0.05, 0) is 33.6 Å². The van der Waals surface area contributed by atoms with Crippen LogP contribution in [-0.2, 0) is 0 Å². The van der Waals surface area contributed by atoms with E-state index < -0.39 is 5.92 Å². The predicted molar refractivity (Wildman–Crippen MR) is 62.7 cm³/mol. The van der Waals surface area contributed by atoms with Crippen LogP contribution >= 0.6 is 15.9 Å². The summed E-state index contributed by atoms with van der Waals surface area (Å²) in [5.41, 5.74) is 0.689. The Kier molecular flexibility index (Phi) is 4.59. The van der Waals surface area contributed by atoms with E-state index in [1.54, 1.807) is 12.1 Å². The van der Waals surface area contributed by atoms with Gasteiger partial charge in [0.2, 0.25) is 0 Å². The first-order valence-corrected chi connectivity index (χ1v) is 5.39. The van der Waals surface area contributed by atoms with Gasteiger partial charge in [0.25, 0.3) is 0 Å². The molecule has 1 rings (SSSR count). The van der Waals surface area contributed by atoms with Gasteiger partial charge in [-0.3, -0.25) is 0 Å². The van der Waals surface area contributed by atoms with Crippen LogP contribution in [0, 0.1) is 11.3 Å². The van der Waals surface area contributed by atoms with Gasteiger partial charge in [-0.2, -0.15) is 5.26 Å². The number of rotatable bonds is 4. The van der Waals surface area contributed by atoms with Crippen LogP contribution in [0.3, 0.4) is 0 Å². The van der Waals surface area contributed by atoms with E-state index in [1.165, 1.54) is 14.2 Å². The molecule has 0 amide bonds. The van der Waals surface area contributed by atoms with Crippen molar-refractivity contribution in [3.63, 3.8) is 0 Å². The van der Waals surface area contributed by atoms with Crippen LogP contribution in [-0.4, -0.2) is 25.9 Å².